The molecule has 1 aromatic rings. The van der Waals surface area contributed by atoms with Gasteiger partial charge in [0.1, 0.15) is 0 Å². The zero-order chi connectivity index (χ0) is 18.4. The van der Waals surface area contributed by atoms with E-state index in [2.05, 4.69) is 0 Å². The monoisotopic (exact) mass is 355 g/mol. The Bertz CT molecular complexity index is 649. The van der Waals surface area contributed by atoms with Crippen LogP contribution in [-0.4, -0.2) is 37.0 Å². The first-order valence-corrected chi connectivity index (χ1v) is 9.74. The van der Waals surface area contributed by atoms with E-state index in [0.29, 0.717) is 11.0 Å². The second kappa shape index (κ2) is 8.52. The average molecular weight is 355 g/mol. The van der Waals surface area contributed by atoms with Gasteiger partial charge in [0, 0.05) is 18.7 Å². The van der Waals surface area contributed by atoms with Crippen molar-refractivity contribution in [2.75, 3.05) is 20.2 Å². The normalized spacial score (nSPS) is 20.0. The Morgan fingerprint density at radius 1 is 1.04 bits per heavy atom. The Kier molecular flexibility index (Phi) is 6.12. The molecule has 1 aliphatic heterocycles. The highest BCUT2D eigenvalue weighted by atomic mass is 16.5. The van der Waals surface area contributed by atoms with Gasteiger partial charge in [0.15, 0.2) is 0 Å². The Morgan fingerprint density at radius 2 is 1.69 bits per heavy atom. The van der Waals surface area contributed by atoms with Crippen LogP contribution in [0.2, 0.25) is 0 Å². The summed E-state index contributed by atoms with van der Waals surface area (Å²) in [7, 11) is 1.36. The lowest BCUT2D eigenvalue weighted by Crippen LogP contribution is -2.44. The topological polar surface area (TPSA) is 46.6 Å². The summed E-state index contributed by atoms with van der Waals surface area (Å²) in [4.78, 5) is 26.8. The Balaban J connectivity index is 1.63. The maximum absolute atomic E-state index is 12.8. The largest absolute Gasteiger partial charge is 0.466 e. The number of amides is 1. The summed E-state index contributed by atoms with van der Waals surface area (Å²) in [6.07, 6.45) is 10.7. The van der Waals surface area contributed by atoms with Gasteiger partial charge in [-0.05, 0) is 42.7 Å². The first-order valence-electron chi connectivity index (χ1n) is 9.74. The Labute approximate surface area is 156 Å². The highest BCUT2D eigenvalue weighted by Gasteiger charge is 2.36. The van der Waals surface area contributed by atoms with Gasteiger partial charge in [-0.15, -0.1) is 0 Å². The molecule has 0 atom stereocenters. The standard InChI is InChI=1S/C22H29NO3/c1-26-21(25)19(16-18-8-4-2-5-9-18)17-20(24)23-14-12-22(13-15-23)10-6-3-7-11-22/h2,4-5,8-9,16H,3,6-7,10-15,17H2,1H3/b19-16+. The average Bonchev–Trinajstić information content (AvgIpc) is 2.69. The molecule has 1 saturated heterocycles. The first-order chi connectivity index (χ1) is 12.6. The van der Waals surface area contributed by atoms with Crippen molar-refractivity contribution in [1.82, 2.24) is 4.90 Å². The van der Waals surface area contributed by atoms with Crippen molar-refractivity contribution in [1.29, 1.82) is 0 Å². The molecule has 0 unspecified atom stereocenters. The minimum atomic E-state index is -0.428. The van der Waals surface area contributed by atoms with Crippen LogP contribution >= 0.6 is 0 Å². The van der Waals surface area contributed by atoms with Crippen molar-refractivity contribution in [3.63, 3.8) is 0 Å². The van der Waals surface area contributed by atoms with Crippen molar-refractivity contribution < 1.29 is 14.3 Å². The smallest absolute Gasteiger partial charge is 0.334 e. The number of hydrogen-bond acceptors (Lipinski definition) is 3. The van der Waals surface area contributed by atoms with Crippen molar-refractivity contribution >= 4 is 18.0 Å². The second-order valence-electron chi connectivity index (χ2n) is 7.69. The van der Waals surface area contributed by atoms with Gasteiger partial charge in [-0.1, -0.05) is 49.6 Å². The Hall–Kier alpha value is -2.10. The number of likely N-dealkylation sites (tertiary alicyclic amines) is 1. The number of esters is 1. The van der Waals surface area contributed by atoms with Gasteiger partial charge in [0.2, 0.25) is 5.91 Å². The lowest BCUT2D eigenvalue weighted by molar-refractivity contribution is -0.139. The number of methoxy groups -OCH3 is 1. The third kappa shape index (κ3) is 4.54. The fraction of sp³-hybridized carbons (Fsp3) is 0.545. The molecule has 1 aromatic carbocycles. The SMILES string of the molecule is COC(=O)/C(=C/c1ccccc1)CC(=O)N1CCC2(CCCCC2)CC1. The predicted molar refractivity (Wildman–Crippen MR) is 102 cm³/mol. The van der Waals surface area contributed by atoms with Crippen LogP contribution < -0.4 is 0 Å². The van der Waals surface area contributed by atoms with Crippen LogP contribution in [0.15, 0.2) is 35.9 Å². The molecular formula is C22H29NO3. The van der Waals surface area contributed by atoms with Crippen LogP contribution in [-0.2, 0) is 14.3 Å². The van der Waals surface area contributed by atoms with Crippen LogP contribution in [0.25, 0.3) is 6.08 Å². The summed E-state index contributed by atoms with van der Waals surface area (Å²) in [6, 6.07) is 9.59. The number of nitrogens with zero attached hydrogens (tertiary/aromatic N) is 1. The number of rotatable bonds is 4. The third-order valence-electron chi connectivity index (χ3n) is 6.02. The van der Waals surface area contributed by atoms with Gasteiger partial charge < -0.3 is 9.64 Å². The van der Waals surface area contributed by atoms with Gasteiger partial charge in [-0.25, -0.2) is 4.79 Å². The van der Waals surface area contributed by atoms with Gasteiger partial charge in [-0.2, -0.15) is 0 Å². The van der Waals surface area contributed by atoms with E-state index in [1.807, 2.05) is 35.2 Å². The number of ether oxygens (including phenoxy) is 1. The van der Waals surface area contributed by atoms with E-state index in [9.17, 15) is 9.59 Å². The lowest BCUT2D eigenvalue weighted by Gasteiger charge is -2.44. The minimum Gasteiger partial charge on any atom is -0.466 e. The first kappa shape index (κ1) is 18.7. The van der Waals surface area contributed by atoms with Crippen LogP contribution in [0, 0.1) is 5.41 Å². The molecule has 1 aliphatic carbocycles. The van der Waals surface area contributed by atoms with E-state index < -0.39 is 5.97 Å². The van der Waals surface area contributed by atoms with Crippen molar-refractivity contribution in [2.24, 2.45) is 5.41 Å². The number of benzene rings is 1. The molecule has 2 aliphatic rings. The molecule has 0 aromatic heterocycles. The fourth-order valence-corrected chi connectivity index (χ4v) is 4.37. The molecule has 3 rings (SSSR count). The molecule has 26 heavy (non-hydrogen) atoms. The van der Waals surface area contributed by atoms with Crippen molar-refractivity contribution in [3.05, 3.63) is 41.5 Å². The molecule has 0 radical (unpaired) electrons. The molecule has 1 saturated carbocycles. The summed E-state index contributed by atoms with van der Waals surface area (Å²) in [6.45, 7) is 1.64. The van der Waals surface area contributed by atoms with Crippen LogP contribution in [0.1, 0.15) is 56.9 Å². The molecule has 140 valence electrons. The van der Waals surface area contributed by atoms with E-state index in [-0.39, 0.29) is 12.3 Å². The lowest BCUT2D eigenvalue weighted by atomic mass is 9.68. The molecule has 1 heterocycles. The quantitative estimate of drug-likeness (QED) is 0.600. The van der Waals surface area contributed by atoms with Crippen molar-refractivity contribution in [2.45, 2.75) is 51.4 Å². The molecule has 0 bridgehead atoms. The summed E-state index contributed by atoms with van der Waals surface area (Å²) in [5.74, 6) is -0.397. The summed E-state index contributed by atoms with van der Waals surface area (Å²) in [5.41, 5.74) is 1.79. The molecule has 1 spiro atoms. The summed E-state index contributed by atoms with van der Waals surface area (Å²) in [5, 5.41) is 0. The van der Waals surface area contributed by atoms with E-state index in [4.69, 9.17) is 4.74 Å². The van der Waals surface area contributed by atoms with Crippen LogP contribution in [0.4, 0.5) is 0 Å². The number of carbonyl (C=O) groups is 2. The molecule has 2 fully saturated rings. The van der Waals surface area contributed by atoms with Gasteiger partial charge in [0.05, 0.1) is 13.5 Å². The number of hydrogen-bond donors (Lipinski definition) is 0. The molecule has 4 heteroatoms. The second-order valence-corrected chi connectivity index (χ2v) is 7.69. The van der Waals surface area contributed by atoms with Crippen LogP contribution in [0.3, 0.4) is 0 Å². The molecule has 1 amide bonds. The van der Waals surface area contributed by atoms with Gasteiger partial charge >= 0.3 is 5.97 Å². The number of piperidine rings is 1. The van der Waals surface area contributed by atoms with E-state index >= 15 is 0 Å². The van der Waals surface area contributed by atoms with E-state index in [0.717, 1.165) is 31.5 Å². The maximum Gasteiger partial charge on any atom is 0.334 e. The van der Waals surface area contributed by atoms with Crippen molar-refractivity contribution in [3.8, 4) is 0 Å². The van der Waals surface area contributed by atoms with Gasteiger partial charge in [0.25, 0.3) is 0 Å². The summed E-state index contributed by atoms with van der Waals surface area (Å²) < 4.78 is 4.88. The third-order valence-corrected chi connectivity index (χ3v) is 6.02. The van der Waals surface area contributed by atoms with E-state index in [1.54, 1.807) is 6.08 Å². The summed E-state index contributed by atoms with van der Waals surface area (Å²) >= 11 is 0. The predicted octanol–water partition coefficient (Wildman–Crippen LogP) is 4.21. The van der Waals surface area contributed by atoms with E-state index in [1.165, 1.54) is 39.2 Å². The number of carbonyl (C=O) groups excluding carboxylic acids is 2. The van der Waals surface area contributed by atoms with Crippen LogP contribution in [0.5, 0.6) is 0 Å². The highest BCUT2D eigenvalue weighted by Crippen LogP contribution is 2.44. The maximum atomic E-state index is 12.8. The minimum absolute atomic E-state index is 0.0308. The Morgan fingerprint density at radius 3 is 2.31 bits per heavy atom. The van der Waals surface area contributed by atoms with Gasteiger partial charge in [-0.3, -0.25) is 4.79 Å². The zero-order valence-corrected chi connectivity index (χ0v) is 15.7. The fourth-order valence-electron chi connectivity index (χ4n) is 4.37. The zero-order valence-electron chi connectivity index (χ0n) is 15.7. The molecular weight excluding hydrogens is 326 g/mol. The molecule has 4 nitrogen and oxygen atoms in total. The molecule has 0 N–H and O–H groups in total. The highest BCUT2D eigenvalue weighted by molar-refractivity contribution is 5.99.